The van der Waals surface area contributed by atoms with Gasteiger partial charge in [-0.15, -0.1) is 0 Å². The van der Waals surface area contributed by atoms with Crippen molar-refractivity contribution >= 4 is 11.7 Å². The van der Waals surface area contributed by atoms with Crippen molar-refractivity contribution in [1.29, 1.82) is 0 Å². The van der Waals surface area contributed by atoms with Crippen molar-refractivity contribution in [2.75, 3.05) is 12.3 Å². The molecular weight excluding hydrogens is 340 g/mol. The van der Waals surface area contributed by atoms with Crippen LogP contribution in [0.25, 0.3) is 11.4 Å². The molecule has 0 atom stereocenters. The van der Waals surface area contributed by atoms with Crippen molar-refractivity contribution in [3.63, 3.8) is 0 Å². The van der Waals surface area contributed by atoms with Crippen LogP contribution < -0.4 is 5.73 Å². The van der Waals surface area contributed by atoms with Gasteiger partial charge < -0.3 is 10.6 Å². The van der Waals surface area contributed by atoms with Crippen LogP contribution in [0.15, 0.2) is 36.5 Å². The van der Waals surface area contributed by atoms with Gasteiger partial charge in [-0.1, -0.05) is 26.0 Å². The van der Waals surface area contributed by atoms with Crippen LogP contribution in [-0.4, -0.2) is 37.5 Å². The Hall–Kier alpha value is -3.22. The maximum Gasteiger partial charge on any atom is 0.254 e. The second-order valence-corrected chi connectivity index (χ2v) is 7.08. The smallest absolute Gasteiger partial charge is 0.254 e. The highest BCUT2D eigenvalue weighted by Gasteiger charge is 2.26. The van der Waals surface area contributed by atoms with E-state index in [9.17, 15) is 4.79 Å². The number of aromatic nitrogens is 4. The predicted molar refractivity (Wildman–Crippen MR) is 103 cm³/mol. The number of carbonyl (C=O) groups is 1. The van der Waals surface area contributed by atoms with E-state index in [1.165, 1.54) is 0 Å². The van der Waals surface area contributed by atoms with Gasteiger partial charge in [0.15, 0.2) is 5.82 Å². The molecule has 138 valence electrons. The lowest BCUT2D eigenvalue weighted by atomic mass is 9.99. The molecule has 0 aliphatic carbocycles. The summed E-state index contributed by atoms with van der Waals surface area (Å²) in [6.07, 6.45) is 2.43. The molecule has 0 bridgehead atoms. The molecule has 1 amide bonds. The van der Waals surface area contributed by atoms with Gasteiger partial charge in [0.2, 0.25) is 0 Å². The molecule has 7 nitrogen and oxygen atoms in total. The predicted octanol–water partition coefficient (Wildman–Crippen LogP) is 2.77. The quantitative estimate of drug-likeness (QED) is 0.746. The third-order valence-corrected chi connectivity index (χ3v) is 4.87. The number of nitrogens with two attached hydrogens (primary N) is 1. The normalized spacial score (nSPS) is 13.7. The molecule has 0 radical (unpaired) electrons. The molecule has 27 heavy (non-hydrogen) atoms. The second kappa shape index (κ2) is 6.83. The first-order valence-corrected chi connectivity index (χ1v) is 9.07. The number of nitrogen functional groups attached to an aromatic ring is 1. The minimum atomic E-state index is 0.0246. The number of H-pyrrole nitrogens is 1. The molecular formula is C20H22N6O. The summed E-state index contributed by atoms with van der Waals surface area (Å²) < 4.78 is 0. The molecule has 0 saturated heterocycles. The van der Waals surface area contributed by atoms with Gasteiger partial charge in [0, 0.05) is 48.1 Å². The number of aromatic amines is 1. The highest BCUT2D eigenvalue weighted by atomic mass is 16.2. The summed E-state index contributed by atoms with van der Waals surface area (Å²) in [5.41, 5.74) is 10.6. The van der Waals surface area contributed by atoms with Gasteiger partial charge in [-0.25, -0.2) is 9.97 Å². The lowest BCUT2D eigenvalue weighted by Crippen LogP contribution is -2.36. The fourth-order valence-electron chi connectivity index (χ4n) is 3.42. The van der Waals surface area contributed by atoms with Crippen LogP contribution in [0.3, 0.4) is 0 Å². The van der Waals surface area contributed by atoms with Crippen molar-refractivity contribution in [1.82, 2.24) is 25.1 Å². The van der Waals surface area contributed by atoms with Crippen LogP contribution in [0.4, 0.5) is 5.82 Å². The van der Waals surface area contributed by atoms with Crippen LogP contribution in [0.1, 0.15) is 47.1 Å². The fraction of sp³-hybridized carbons (Fsp3) is 0.300. The number of rotatable bonds is 3. The molecule has 0 unspecified atom stereocenters. The summed E-state index contributed by atoms with van der Waals surface area (Å²) in [5, 5.41) is 7.55. The number of carbonyl (C=O) groups excluding carboxylic acids is 1. The first-order valence-electron chi connectivity index (χ1n) is 9.07. The Morgan fingerprint density at radius 2 is 2.00 bits per heavy atom. The Bertz CT molecular complexity index is 976. The van der Waals surface area contributed by atoms with Crippen LogP contribution in [0, 0.1) is 0 Å². The van der Waals surface area contributed by atoms with Gasteiger partial charge in [0.25, 0.3) is 5.91 Å². The average molecular weight is 362 g/mol. The maximum absolute atomic E-state index is 13.0. The first kappa shape index (κ1) is 17.2. The Kier molecular flexibility index (Phi) is 4.35. The van der Waals surface area contributed by atoms with E-state index in [2.05, 4.69) is 34.0 Å². The zero-order valence-corrected chi connectivity index (χ0v) is 15.4. The molecule has 1 aromatic carbocycles. The van der Waals surface area contributed by atoms with E-state index in [4.69, 9.17) is 5.73 Å². The molecule has 1 aliphatic rings. The number of anilines is 1. The molecule has 4 rings (SSSR count). The second-order valence-electron chi connectivity index (χ2n) is 7.08. The van der Waals surface area contributed by atoms with Gasteiger partial charge in [0.1, 0.15) is 5.82 Å². The number of benzene rings is 1. The highest BCUT2D eigenvalue weighted by Crippen LogP contribution is 2.26. The Morgan fingerprint density at radius 3 is 2.70 bits per heavy atom. The minimum absolute atomic E-state index is 0.0246. The summed E-state index contributed by atoms with van der Waals surface area (Å²) >= 11 is 0. The van der Waals surface area contributed by atoms with Crippen molar-refractivity contribution in [3.05, 3.63) is 59.0 Å². The highest BCUT2D eigenvalue weighted by molar-refractivity contribution is 5.94. The molecule has 3 aromatic rings. The molecule has 0 spiro atoms. The average Bonchev–Trinajstić information content (AvgIpc) is 3.11. The zero-order valence-electron chi connectivity index (χ0n) is 15.4. The Balaban J connectivity index is 1.54. The molecule has 7 heteroatoms. The number of fused-ring (bicyclic) bond motifs is 1. The summed E-state index contributed by atoms with van der Waals surface area (Å²) in [5.74, 6) is 1.33. The molecule has 3 heterocycles. The van der Waals surface area contributed by atoms with Gasteiger partial charge >= 0.3 is 0 Å². The molecule has 3 N–H and O–H groups in total. The Labute approximate surface area is 157 Å². The van der Waals surface area contributed by atoms with E-state index >= 15 is 0 Å². The lowest BCUT2D eigenvalue weighted by molar-refractivity contribution is 0.0733. The van der Waals surface area contributed by atoms with E-state index in [0.717, 1.165) is 28.9 Å². The minimum Gasteiger partial charge on any atom is -0.384 e. The number of hydrogen-bond acceptors (Lipinski definition) is 5. The largest absolute Gasteiger partial charge is 0.384 e. The van der Waals surface area contributed by atoms with Crippen LogP contribution in [-0.2, 0) is 13.0 Å². The number of nitrogens with zero attached hydrogens (tertiary/aromatic N) is 4. The summed E-state index contributed by atoms with van der Waals surface area (Å²) in [6, 6.07) is 8.99. The topological polar surface area (TPSA) is 101 Å². The van der Waals surface area contributed by atoms with Gasteiger partial charge in [-0.2, -0.15) is 5.10 Å². The Morgan fingerprint density at radius 1 is 1.22 bits per heavy atom. The maximum atomic E-state index is 13.0. The van der Waals surface area contributed by atoms with Gasteiger partial charge in [0.05, 0.1) is 5.69 Å². The molecule has 0 saturated carbocycles. The zero-order chi connectivity index (χ0) is 19.0. The van der Waals surface area contributed by atoms with E-state index in [1.54, 1.807) is 12.3 Å². The lowest BCUT2D eigenvalue weighted by Gasteiger charge is -2.27. The van der Waals surface area contributed by atoms with Crippen LogP contribution >= 0.6 is 0 Å². The molecule has 2 aromatic heterocycles. The summed E-state index contributed by atoms with van der Waals surface area (Å²) in [4.78, 5) is 23.3. The monoisotopic (exact) mass is 362 g/mol. The van der Waals surface area contributed by atoms with Crippen molar-refractivity contribution < 1.29 is 4.79 Å². The van der Waals surface area contributed by atoms with Crippen LogP contribution in [0.2, 0.25) is 0 Å². The standard InChI is InChI=1S/C20H22N6O/c1-12(2)18-15-11-26(10-8-16(15)24-25-18)20(27)14-5-3-13(4-6-14)19-22-9-7-17(21)23-19/h3-7,9,12H,8,10-11H2,1-2H3,(H,24,25)(H2,21,22,23). The SMILES string of the molecule is CC(C)c1n[nH]c2c1CN(C(=O)c1ccc(-c3nccc(N)n3)cc1)CC2. The van der Waals surface area contributed by atoms with E-state index in [0.29, 0.717) is 36.2 Å². The number of hydrogen-bond donors (Lipinski definition) is 2. The summed E-state index contributed by atoms with van der Waals surface area (Å²) in [7, 11) is 0. The first-order chi connectivity index (χ1) is 13.0. The fourth-order valence-corrected chi connectivity index (χ4v) is 3.42. The van der Waals surface area contributed by atoms with E-state index in [-0.39, 0.29) is 5.91 Å². The van der Waals surface area contributed by atoms with E-state index < -0.39 is 0 Å². The van der Waals surface area contributed by atoms with Gasteiger partial charge in [-0.3, -0.25) is 9.89 Å². The molecule has 1 aliphatic heterocycles. The summed E-state index contributed by atoms with van der Waals surface area (Å²) in [6.45, 7) is 5.52. The number of amides is 1. The third-order valence-electron chi connectivity index (χ3n) is 4.87. The van der Waals surface area contributed by atoms with Crippen molar-refractivity contribution in [2.45, 2.75) is 32.7 Å². The van der Waals surface area contributed by atoms with E-state index in [1.807, 2.05) is 29.2 Å². The van der Waals surface area contributed by atoms with Crippen molar-refractivity contribution in [3.8, 4) is 11.4 Å². The third kappa shape index (κ3) is 3.28. The molecule has 0 fully saturated rings. The number of nitrogens with one attached hydrogen (secondary N) is 1. The van der Waals surface area contributed by atoms with Gasteiger partial charge in [-0.05, 0) is 24.1 Å². The van der Waals surface area contributed by atoms with Crippen molar-refractivity contribution in [2.24, 2.45) is 0 Å². The van der Waals surface area contributed by atoms with Crippen LogP contribution in [0.5, 0.6) is 0 Å².